The van der Waals surface area contributed by atoms with Crippen LogP contribution in [0.25, 0.3) is 0 Å². The zero-order valence-electron chi connectivity index (χ0n) is 13.6. The molecule has 2 aromatic rings. The molecule has 0 aliphatic heterocycles. The number of rotatable bonds is 6. The molecule has 1 atom stereocenters. The van der Waals surface area contributed by atoms with Crippen LogP contribution in [-0.2, 0) is 17.3 Å². The van der Waals surface area contributed by atoms with Gasteiger partial charge in [-0.05, 0) is 36.6 Å². The van der Waals surface area contributed by atoms with Crippen molar-refractivity contribution in [1.82, 2.24) is 0 Å². The maximum absolute atomic E-state index is 14.2. The zero-order chi connectivity index (χ0) is 18.7. The van der Waals surface area contributed by atoms with Crippen molar-refractivity contribution in [1.29, 1.82) is 0 Å². The summed E-state index contributed by atoms with van der Waals surface area (Å²) in [5, 5.41) is 0. The molecule has 0 amide bonds. The summed E-state index contributed by atoms with van der Waals surface area (Å²) in [5.41, 5.74) is 0.945. The molecule has 1 unspecified atom stereocenters. The van der Waals surface area contributed by atoms with E-state index in [9.17, 15) is 22.0 Å². The average Bonchev–Trinajstić information content (AvgIpc) is 2.53. The molecule has 0 heterocycles. The Morgan fingerprint density at radius 2 is 1.44 bits per heavy atom. The van der Waals surface area contributed by atoms with Crippen LogP contribution < -0.4 is 4.74 Å². The Hall–Kier alpha value is -2.15. The van der Waals surface area contributed by atoms with Crippen LogP contribution in [0.1, 0.15) is 36.6 Å². The molecule has 0 spiro atoms. The van der Waals surface area contributed by atoms with Gasteiger partial charge in [0.15, 0.2) is 0 Å². The van der Waals surface area contributed by atoms with Gasteiger partial charge in [0, 0.05) is 0 Å². The van der Waals surface area contributed by atoms with Crippen molar-refractivity contribution in [2.75, 3.05) is 0 Å². The lowest BCUT2D eigenvalue weighted by molar-refractivity contribution is -0.274. The van der Waals surface area contributed by atoms with E-state index < -0.39 is 24.3 Å². The van der Waals surface area contributed by atoms with Crippen molar-refractivity contribution >= 4 is 0 Å². The van der Waals surface area contributed by atoms with E-state index in [2.05, 4.69) is 4.74 Å². The molecule has 2 nitrogen and oxygen atoms in total. The molecule has 25 heavy (non-hydrogen) atoms. The van der Waals surface area contributed by atoms with Gasteiger partial charge < -0.3 is 9.47 Å². The van der Waals surface area contributed by atoms with Crippen molar-refractivity contribution in [2.45, 2.75) is 38.8 Å². The topological polar surface area (TPSA) is 18.5 Å². The second-order valence-electron chi connectivity index (χ2n) is 5.44. The van der Waals surface area contributed by atoms with Crippen molar-refractivity contribution in [2.24, 2.45) is 0 Å². The normalized spacial score (nSPS) is 13.6. The van der Waals surface area contributed by atoms with Crippen LogP contribution >= 0.6 is 0 Å². The predicted molar refractivity (Wildman–Crippen MR) is 82.3 cm³/mol. The molecule has 7 heteroatoms. The highest BCUT2D eigenvalue weighted by Crippen LogP contribution is 2.35. The number of aryl methyl sites for hydroxylation is 1. The van der Waals surface area contributed by atoms with Gasteiger partial charge in [-0.25, -0.2) is 0 Å². The fourth-order valence-corrected chi connectivity index (χ4v) is 2.23. The molecule has 0 radical (unpaired) electrons. The minimum Gasteiger partial charge on any atom is -0.406 e. The molecule has 0 N–H and O–H groups in total. The highest BCUT2D eigenvalue weighted by Gasteiger charge is 2.35. The molecule has 0 aliphatic carbocycles. The van der Waals surface area contributed by atoms with Crippen molar-refractivity contribution < 1.29 is 31.4 Å². The Morgan fingerprint density at radius 1 is 0.880 bits per heavy atom. The van der Waals surface area contributed by atoms with E-state index in [0.717, 1.165) is 24.1 Å². The van der Waals surface area contributed by atoms with Crippen molar-refractivity contribution in [3.63, 3.8) is 0 Å². The third-order valence-electron chi connectivity index (χ3n) is 3.61. The number of halogens is 5. The van der Waals surface area contributed by atoms with E-state index in [0.29, 0.717) is 5.56 Å². The lowest BCUT2D eigenvalue weighted by Gasteiger charge is -2.22. The second kappa shape index (κ2) is 7.39. The van der Waals surface area contributed by atoms with Gasteiger partial charge in [0.2, 0.25) is 0 Å². The summed E-state index contributed by atoms with van der Waals surface area (Å²) in [5.74, 6) is -0.426. The standard InChI is InChI=1S/C18H17F5O2/c1-3-13-4-8-15(9-5-13)17(19,20)24-12(2)14-6-10-16(11-7-14)25-18(21,22)23/h4-12H,3H2,1-2H3. The number of alkyl halides is 5. The van der Waals surface area contributed by atoms with Gasteiger partial charge >= 0.3 is 12.5 Å². The summed E-state index contributed by atoms with van der Waals surface area (Å²) in [6.45, 7) is 3.31. The Balaban J connectivity index is 2.07. The van der Waals surface area contributed by atoms with E-state index >= 15 is 0 Å². The first-order valence-corrected chi connectivity index (χ1v) is 7.61. The number of hydrogen-bond acceptors (Lipinski definition) is 2. The first-order chi connectivity index (χ1) is 11.6. The first-order valence-electron chi connectivity index (χ1n) is 7.61. The van der Waals surface area contributed by atoms with Gasteiger partial charge in [-0.3, -0.25) is 0 Å². The third-order valence-corrected chi connectivity index (χ3v) is 3.61. The Bertz CT molecular complexity index is 678. The van der Waals surface area contributed by atoms with Crippen LogP contribution in [0.2, 0.25) is 0 Å². The summed E-state index contributed by atoms with van der Waals surface area (Å²) in [7, 11) is 0. The summed E-state index contributed by atoms with van der Waals surface area (Å²) < 4.78 is 73.4. The van der Waals surface area contributed by atoms with Gasteiger partial charge in [-0.1, -0.05) is 43.3 Å². The molecule has 0 saturated carbocycles. The third kappa shape index (κ3) is 5.42. The van der Waals surface area contributed by atoms with Crippen LogP contribution in [-0.4, -0.2) is 6.36 Å². The maximum Gasteiger partial charge on any atom is 0.573 e. The van der Waals surface area contributed by atoms with Crippen LogP contribution in [0.15, 0.2) is 48.5 Å². The van der Waals surface area contributed by atoms with Crippen LogP contribution in [0.3, 0.4) is 0 Å². The Morgan fingerprint density at radius 3 is 1.92 bits per heavy atom. The molecular weight excluding hydrogens is 343 g/mol. The smallest absolute Gasteiger partial charge is 0.406 e. The summed E-state index contributed by atoms with van der Waals surface area (Å²) in [6.07, 6.45) is -8.62. The SMILES string of the molecule is CCc1ccc(C(F)(F)OC(C)c2ccc(OC(F)(F)F)cc2)cc1. The van der Waals surface area contributed by atoms with Gasteiger partial charge in [0.25, 0.3) is 0 Å². The summed E-state index contributed by atoms with van der Waals surface area (Å²) in [4.78, 5) is 0. The molecular formula is C18H17F5O2. The molecule has 2 aromatic carbocycles. The highest BCUT2D eigenvalue weighted by molar-refractivity contribution is 5.29. The molecule has 0 aliphatic rings. The predicted octanol–water partition coefficient (Wildman–Crippen LogP) is 5.97. The lowest BCUT2D eigenvalue weighted by atomic mass is 10.1. The number of ether oxygens (including phenoxy) is 2. The van der Waals surface area contributed by atoms with Crippen molar-refractivity contribution in [3.05, 3.63) is 65.2 Å². The Kier molecular flexibility index (Phi) is 5.67. The van der Waals surface area contributed by atoms with Gasteiger partial charge in [-0.15, -0.1) is 13.2 Å². The highest BCUT2D eigenvalue weighted by atomic mass is 19.4. The van der Waals surface area contributed by atoms with E-state index in [1.54, 1.807) is 12.1 Å². The van der Waals surface area contributed by atoms with E-state index in [4.69, 9.17) is 4.74 Å². The fraction of sp³-hybridized carbons (Fsp3) is 0.333. The van der Waals surface area contributed by atoms with Crippen LogP contribution in [0, 0.1) is 0 Å². The van der Waals surface area contributed by atoms with E-state index in [-0.39, 0.29) is 5.56 Å². The van der Waals surface area contributed by atoms with Crippen LogP contribution in [0.4, 0.5) is 22.0 Å². The van der Waals surface area contributed by atoms with Gasteiger partial charge in [-0.2, -0.15) is 8.78 Å². The van der Waals surface area contributed by atoms with Crippen LogP contribution in [0.5, 0.6) is 5.75 Å². The summed E-state index contributed by atoms with van der Waals surface area (Å²) >= 11 is 0. The summed E-state index contributed by atoms with van der Waals surface area (Å²) in [6, 6.07) is 10.4. The molecule has 0 bridgehead atoms. The molecule has 2 rings (SSSR count). The largest absolute Gasteiger partial charge is 0.573 e. The number of benzene rings is 2. The quantitative estimate of drug-likeness (QED) is 0.591. The maximum atomic E-state index is 14.2. The van der Waals surface area contributed by atoms with Gasteiger partial charge in [0.1, 0.15) is 5.75 Å². The molecule has 0 fully saturated rings. The molecule has 0 saturated heterocycles. The second-order valence-corrected chi connectivity index (χ2v) is 5.44. The monoisotopic (exact) mass is 360 g/mol. The Labute approximate surface area is 142 Å². The van der Waals surface area contributed by atoms with E-state index in [1.165, 1.54) is 31.2 Å². The first kappa shape index (κ1) is 19.2. The van der Waals surface area contributed by atoms with Crippen molar-refractivity contribution in [3.8, 4) is 5.75 Å². The minimum absolute atomic E-state index is 0.284. The zero-order valence-corrected chi connectivity index (χ0v) is 13.6. The molecule has 136 valence electrons. The fourth-order valence-electron chi connectivity index (χ4n) is 2.23. The van der Waals surface area contributed by atoms with Gasteiger partial charge in [0.05, 0.1) is 11.7 Å². The molecule has 0 aromatic heterocycles. The van der Waals surface area contributed by atoms with E-state index in [1.807, 2.05) is 6.92 Å². The number of hydrogen-bond donors (Lipinski definition) is 0. The average molecular weight is 360 g/mol. The lowest BCUT2D eigenvalue weighted by Crippen LogP contribution is -2.20. The minimum atomic E-state index is -4.80.